The maximum atomic E-state index is 12.1. The van der Waals surface area contributed by atoms with Crippen molar-refractivity contribution in [2.24, 2.45) is 0 Å². The quantitative estimate of drug-likeness (QED) is 0.787. The standard InChI is InChI=1S/C17H26N4O/c1-3-21(4-2)17-19-12-15(13-20-17)16(22)18-11-10-14-8-6-5-7-9-14/h8,12-13H,3-7,9-11H2,1-2H3,(H,18,22). The predicted octanol–water partition coefficient (Wildman–Crippen LogP) is 2.94. The monoisotopic (exact) mass is 302 g/mol. The molecular formula is C17H26N4O. The molecule has 1 aromatic rings. The van der Waals surface area contributed by atoms with Gasteiger partial charge < -0.3 is 10.2 Å². The fraction of sp³-hybridized carbons (Fsp3) is 0.588. The van der Waals surface area contributed by atoms with E-state index in [1.807, 2.05) is 0 Å². The number of carbonyl (C=O) groups excluding carboxylic acids is 1. The lowest BCUT2D eigenvalue weighted by molar-refractivity contribution is 0.0953. The summed E-state index contributed by atoms with van der Waals surface area (Å²) in [6.45, 7) is 6.53. The van der Waals surface area contributed by atoms with Crippen molar-refractivity contribution in [1.82, 2.24) is 15.3 Å². The van der Waals surface area contributed by atoms with Gasteiger partial charge in [-0.2, -0.15) is 0 Å². The number of hydrogen-bond donors (Lipinski definition) is 1. The van der Waals surface area contributed by atoms with Crippen molar-refractivity contribution in [1.29, 1.82) is 0 Å². The lowest BCUT2D eigenvalue weighted by atomic mass is 9.97. The van der Waals surface area contributed by atoms with Crippen molar-refractivity contribution in [3.8, 4) is 0 Å². The second kappa shape index (κ2) is 8.51. The van der Waals surface area contributed by atoms with Crippen LogP contribution >= 0.6 is 0 Å². The Kier molecular flexibility index (Phi) is 6.37. The Labute approximate surface area is 132 Å². The van der Waals surface area contributed by atoms with Crippen LogP contribution in [-0.2, 0) is 0 Å². The molecule has 0 aliphatic heterocycles. The van der Waals surface area contributed by atoms with Gasteiger partial charge in [0.2, 0.25) is 5.95 Å². The molecule has 0 saturated carbocycles. The van der Waals surface area contributed by atoms with Crippen LogP contribution in [0.25, 0.3) is 0 Å². The molecule has 1 N–H and O–H groups in total. The largest absolute Gasteiger partial charge is 0.352 e. The lowest BCUT2D eigenvalue weighted by Gasteiger charge is -2.18. The van der Waals surface area contributed by atoms with Gasteiger partial charge in [0.05, 0.1) is 5.56 Å². The third-order valence-corrected chi connectivity index (χ3v) is 4.06. The van der Waals surface area contributed by atoms with E-state index in [-0.39, 0.29) is 5.91 Å². The molecule has 5 nitrogen and oxygen atoms in total. The van der Waals surface area contributed by atoms with Crippen LogP contribution in [0.1, 0.15) is 56.3 Å². The topological polar surface area (TPSA) is 58.1 Å². The molecule has 0 bridgehead atoms. The molecule has 0 radical (unpaired) electrons. The number of hydrogen-bond acceptors (Lipinski definition) is 4. The van der Waals surface area contributed by atoms with E-state index in [2.05, 4.69) is 40.1 Å². The first-order valence-electron chi connectivity index (χ1n) is 8.27. The molecule has 1 aromatic heterocycles. The summed E-state index contributed by atoms with van der Waals surface area (Å²) in [6, 6.07) is 0. The highest BCUT2D eigenvalue weighted by Crippen LogP contribution is 2.19. The number of aromatic nitrogens is 2. The van der Waals surface area contributed by atoms with Gasteiger partial charge in [-0.05, 0) is 46.0 Å². The van der Waals surface area contributed by atoms with Crippen molar-refractivity contribution in [2.75, 3.05) is 24.5 Å². The van der Waals surface area contributed by atoms with E-state index in [4.69, 9.17) is 0 Å². The molecule has 1 aliphatic carbocycles. The molecule has 1 aliphatic rings. The van der Waals surface area contributed by atoms with Crippen molar-refractivity contribution in [3.05, 3.63) is 29.6 Å². The molecule has 0 unspecified atom stereocenters. The first-order chi connectivity index (χ1) is 10.7. The maximum absolute atomic E-state index is 12.1. The van der Waals surface area contributed by atoms with Gasteiger partial charge in [0.15, 0.2) is 0 Å². The highest BCUT2D eigenvalue weighted by molar-refractivity contribution is 5.93. The third kappa shape index (κ3) is 4.55. The van der Waals surface area contributed by atoms with Crippen LogP contribution < -0.4 is 10.2 Å². The van der Waals surface area contributed by atoms with Gasteiger partial charge in [0.1, 0.15) is 0 Å². The van der Waals surface area contributed by atoms with E-state index in [1.165, 1.54) is 31.3 Å². The number of carbonyl (C=O) groups is 1. The zero-order chi connectivity index (χ0) is 15.8. The summed E-state index contributed by atoms with van der Waals surface area (Å²) < 4.78 is 0. The number of amides is 1. The predicted molar refractivity (Wildman–Crippen MR) is 89.1 cm³/mol. The molecule has 0 aromatic carbocycles. The molecule has 22 heavy (non-hydrogen) atoms. The Bertz CT molecular complexity index is 506. The van der Waals surface area contributed by atoms with E-state index in [9.17, 15) is 4.79 Å². The van der Waals surface area contributed by atoms with Crippen molar-refractivity contribution >= 4 is 11.9 Å². The number of nitrogens with one attached hydrogen (secondary N) is 1. The normalized spacial score (nSPS) is 14.4. The van der Waals surface area contributed by atoms with E-state index in [0.717, 1.165) is 19.5 Å². The number of allylic oxidation sites excluding steroid dienone is 1. The maximum Gasteiger partial charge on any atom is 0.254 e. The average molecular weight is 302 g/mol. The summed E-state index contributed by atoms with van der Waals surface area (Å²) in [6.07, 6.45) is 11.4. The molecule has 0 spiro atoms. The molecular weight excluding hydrogens is 276 g/mol. The summed E-state index contributed by atoms with van der Waals surface area (Å²) in [4.78, 5) is 22.7. The van der Waals surface area contributed by atoms with Gasteiger partial charge in [-0.3, -0.25) is 4.79 Å². The van der Waals surface area contributed by atoms with E-state index < -0.39 is 0 Å². The lowest BCUT2D eigenvalue weighted by Crippen LogP contribution is -2.27. The molecule has 1 amide bonds. The van der Waals surface area contributed by atoms with E-state index >= 15 is 0 Å². The number of anilines is 1. The first kappa shape index (κ1) is 16.5. The van der Waals surface area contributed by atoms with Crippen LogP contribution in [0.15, 0.2) is 24.0 Å². The van der Waals surface area contributed by atoms with Gasteiger partial charge >= 0.3 is 0 Å². The fourth-order valence-corrected chi connectivity index (χ4v) is 2.68. The van der Waals surface area contributed by atoms with E-state index in [1.54, 1.807) is 12.4 Å². The zero-order valence-corrected chi connectivity index (χ0v) is 13.6. The zero-order valence-electron chi connectivity index (χ0n) is 13.6. The van der Waals surface area contributed by atoms with Crippen LogP contribution in [0.4, 0.5) is 5.95 Å². The number of rotatable bonds is 7. The van der Waals surface area contributed by atoms with Crippen LogP contribution in [-0.4, -0.2) is 35.5 Å². The minimum Gasteiger partial charge on any atom is -0.352 e. The minimum absolute atomic E-state index is 0.0949. The summed E-state index contributed by atoms with van der Waals surface area (Å²) in [7, 11) is 0. The Hall–Kier alpha value is -1.91. The fourth-order valence-electron chi connectivity index (χ4n) is 2.68. The highest BCUT2D eigenvalue weighted by Gasteiger charge is 2.10. The van der Waals surface area contributed by atoms with Crippen molar-refractivity contribution in [2.45, 2.75) is 46.0 Å². The van der Waals surface area contributed by atoms with Gasteiger partial charge in [0.25, 0.3) is 5.91 Å². The first-order valence-corrected chi connectivity index (χ1v) is 8.27. The second-order valence-corrected chi connectivity index (χ2v) is 5.56. The molecule has 120 valence electrons. The van der Waals surface area contributed by atoms with Crippen molar-refractivity contribution < 1.29 is 4.79 Å². The van der Waals surface area contributed by atoms with Crippen LogP contribution in [0, 0.1) is 0 Å². The summed E-state index contributed by atoms with van der Waals surface area (Å²) in [5, 5.41) is 2.95. The van der Waals surface area contributed by atoms with Gasteiger partial charge in [0, 0.05) is 32.0 Å². The molecule has 0 atom stereocenters. The van der Waals surface area contributed by atoms with Gasteiger partial charge in [-0.25, -0.2) is 9.97 Å². The third-order valence-electron chi connectivity index (χ3n) is 4.06. The molecule has 1 heterocycles. The summed E-state index contributed by atoms with van der Waals surface area (Å²) >= 11 is 0. The average Bonchev–Trinajstić information content (AvgIpc) is 2.57. The second-order valence-electron chi connectivity index (χ2n) is 5.56. The van der Waals surface area contributed by atoms with E-state index in [0.29, 0.717) is 18.1 Å². The molecule has 5 heteroatoms. The molecule has 0 fully saturated rings. The van der Waals surface area contributed by atoms with Crippen LogP contribution in [0.5, 0.6) is 0 Å². The Morgan fingerprint density at radius 1 is 1.23 bits per heavy atom. The molecule has 2 rings (SSSR count). The summed E-state index contributed by atoms with van der Waals surface area (Å²) in [5.41, 5.74) is 1.99. The Balaban J connectivity index is 1.83. The minimum atomic E-state index is -0.0949. The Morgan fingerprint density at radius 2 is 1.95 bits per heavy atom. The molecule has 0 saturated heterocycles. The summed E-state index contributed by atoms with van der Waals surface area (Å²) in [5.74, 6) is 0.580. The van der Waals surface area contributed by atoms with Crippen LogP contribution in [0.3, 0.4) is 0 Å². The van der Waals surface area contributed by atoms with Crippen LogP contribution in [0.2, 0.25) is 0 Å². The van der Waals surface area contributed by atoms with Gasteiger partial charge in [-0.15, -0.1) is 0 Å². The smallest absolute Gasteiger partial charge is 0.254 e. The Morgan fingerprint density at radius 3 is 2.55 bits per heavy atom. The van der Waals surface area contributed by atoms with Gasteiger partial charge in [-0.1, -0.05) is 11.6 Å². The number of nitrogens with zero attached hydrogens (tertiary/aromatic N) is 3. The SMILES string of the molecule is CCN(CC)c1ncc(C(=O)NCCC2=CCCCC2)cn1. The van der Waals surface area contributed by atoms with Crippen molar-refractivity contribution in [3.63, 3.8) is 0 Å². The highest BCUT2D eigenvalue weighted by atomic mass is 16.1.